The normalized spacial score (nSPS) is 9.96. The second-order valence-electron chi connectivity index (χ2n) is 4.87. The van der Waals surface area contributed by atoms with Gasteiger partial charge in [-0.15, -0.1) is 0 Å². The fourth-order valence-corrected chi connectivity index (χ4v) is 1.95. The Morgan fingerprint density at radius 2 is 1.84 bits per heavy atom. The number of amides is 2. The number of nitrogens with one attached hydrogen (secondary N) is 1. The summed E-state index contributed by atoms with van der Waals surface area (Å²) in [6.45, 7) is -0.380. The highest BCUT2D eigenvalue weighted by atomic mass is 16.6. The van der Waals surface area contributed by atoms with Gasteiger partial charge in [-0.25, -0.2) is 0 Å². The molecule has 2 aromatic carbocycles. The Morgan fingerprint density at radius 3 is 2.40 bits per heavy atom. The summed E-state index contributed by atoms with van der Waals surface area (Å²) < 4.78 is 10.3. The van der Waals surface area contributed by atoms with Gasteiger partial charge in [0, 0.05) is 17.3 Å². The van der Waals surface area contributed by atoms with Crippen molar-refractivity contribution in [3.63, 3.8) is 0 Å². The maximum Gasteiger partial charge on any atom is 0.273 e. The number of hydrogen-bond donors (Lipinski definition) is 2. The molecule has 0 aliphatic rings. The first-order chi connectivity index (χ1) is 11.9. The van der Waals surface area contributed by atoms with Gasteiger partial charge >= 0.3 is 0 Å². The third-order valence-electron chi connectivity index (χ3n) is 3.17. The minimum absolute atomic E-state index is 0.0796. The Bertz CT molecular complexity index is 804. The second-order valence-corrected chi connectivity index (χ2v) is 4.87. The zero-order valence-electron chi connectivity index (χ0n) is 13.2. The van der Waals surface area contributed by atoms with Gasteiger partial charge in [0.05, 0.1) is 18.1 Å². The largest absolute Gasteiger partial charge is 0.493 e. The third kappa shape index (κ3) is 4.67. The number of nitro benzene ring substituents is 1. The van der Waals surface area contributed by atoms with Crippen LogP contribution >= 0.6 is 0 Å². The molecule has 2 rings (SSSR count). The van der Waals surface area contributed by atoms with E-state index in [1.54, 1.807) is 0 Å². The number of carbonyl (C=O) groups excluding carboxylic acids is 2. The monoisotopic (exact) mass is 345 g/mol. The van der Waals surface area contributed by atoms with E-state index in [2.05, 4.69) is 5.32 Å². The first-order valence-electron chi connectivity index (χ1n) is 7.05. The van der Waals surface area contributed by atoms with E-state index in [4.69, 9.17) is 15.2 Å². The SMILES string of the molecule is COc1ccc([N+](=O)[O-])cc1OCC(=O)Nc1ccc(C(N)=O)cc1. The van der Waals surface area contributed by atoms with Gasteiger partial charge in [0.15, 0.2) is 18.1 Å². The van der Waals surface area contributed by atoms with Crippen molar-refractivity contribution in [2.24, 2.45) is 5.73 Å². The Morgan fingerprint density at radius 1 is 1.16 bits per heavy atom. The van der Waals surface area contributed by atoms with E-state index >= 15 is 0 Å². The number of nitrogens with zero attached hydrogens (tertiary/aromatic N) is 1. The average molecular weight is 345 g/mol. The van der Waals surface area contributed by atoms with Crippen molar-refractivity contribution < 1.29 is 24.0 Å². The van der Waals surface area contributed by atoms with Crippen LogP contribution in [0.5, 0.6) is 11.5 Å². The molecule has 0 unspecified atom stereocenters. The molecule has 0 atom stereocenters. The van der Waals surface area contributed by atoms with Crippen molar-refractivity contribution in [2.45, 2.75) is 0 Å². The van der Waals surface area contributed by atoms with Crippen LogP contribution in [0.1, 0.15) is 10.4 Å². The number of nitro groups is 1. The lowest BCUT2D eigenvalue weighted by molar-refractivity contribution is -0.385. The molecule has 0 aliphatic carbocycles. The zero-order chi connectivity index (χ0) is 18.4. The predicted molar refractivity (Wildman–Crippen MR) is 88.7 cm³/mol. The van der Waals surface area contributed by atoms with Gasteiger partial charge in [0.1, 0.15) is 0 Å². The van der Waals surface area contributed by atoms with Crippen LogP contribution in [0.3, 0.4) is 0 Å². The standard InChI is InChI=1S/C16H15N3O6/c1-24-13-7-6-12(19(22)23)8-14(13)25-9-15(20)18-11-4-2-10(3-5-11)16(17)21/h2-8H,9H2,1H3,(H2,17,21)(H,18,20). The van der Waals surface area contributed by atoms with Crippen molar-refractivity contribution in [1.29, 1.82) is 0 Å². The summed E-state index contributed by atoms with van der Waals surface area (Å²) in [6.07, 6.45) is 0. The smallest absolute Gasteiger partial charge is 0.273 e. The summed E-state index contributed by atoms with van der Waals surface area (Å²) >= 11 is 0. The molecule has 9 heteroatoms. The molecule has 0 aliphatic heterocycles. The molecule has 3 N–H and O–H groups in total. The molecule has 0 radical (unpaired) electrons. The van der Waals surface area contributed by atoms with Crippen LogP contribution in [0.4, 0.5) is 11.4 Å². The minimum Gasteiger partial charge on any atom is -0.493 e. The van der Waals surface area contributed by atoms with Crippen LogP contribution < -0.4 is 20.5 Å². The molecule has 9 nitrogen and oxygen atoms in total. The van der Waals surface area contributed by atoms with E-state index in [0.717, 1.165) is 0 Å². The maximum atomic E-state index is 11.9. The number of methoxy groups -OCH3 is 1. The molecule has 130 valence electrons. The molecule has 0 saturated carbocycles. The summed E-state index contributed by atoms with van der Waals surface area (Å²) in [7, 11) is 1.38. The lowest BCUT2D eigenvalue weighted by Gasteiger charge is -2.10. The van der Waals surface area contributed by atoms with Crippen LogP contribution in [0, 0.1) is 10.1 Å². The first kappa shape index (κ1) is 17.7. The lowest BCUT2D eigenvalue weighted by atomic mass is 10.2. The molecule has 0 heterocycles. The van der Waals surface area contributed by atoms with E-state index in [9.17, 15) is 19.7 Å². The van der Waals surface area contributed by atoms with Gasteiger partial charge in [-0.2, -0.15) is 0 Å². The van der Waals surface area contributed by atoms with E-state index in [1.807, 2.05) is 0 Å². The molecule has 0 saturated heterocycles. The highest BCUT2D eigenvalue weighted by Gasteiger charge is 2.14. The topological polar surface area (TPSA) is 134 Å². The van der Waals surface area contributed by atoms with Gasteiger partial charge < -0.3 is 20.5 Å². The van der Waals surface area contributed by atoms with Crippen LogP contribution in [0.25, 0.3) is 0 Å². The van der Waals surface area contributed by atoms with Crippen molar-refractivity contribution in [3.8, 4) is 11.5 Å². The van der Waals surface area contributed by atoms with Crippen molar-refractivity contribution >= 4 is 23.2 Å². The summed E-state index contributed by atoms with van der Waals surface area (Å²) in [6, 6.07) is 9.82. The molecular weight excluding hydrogens is 330 g/mol. The van der Waals surface area contributed by atoms with Crippen LogP contribution in [-0.4, -0.2) is 30.5 Å². The summed E-state index contributed by atoms with van der Waals surface area (Å²) in [5, 5.41) is 13.4. The summed E-state index contributed by atoms with van der Waals surface area (Å²) in [5.41, 5.74) is 5.71. The maximum absolute atomic E-state index is 11.9. The summed E-state index contributed by atoms with van der Waals surface area (Å²) in [5.74, 6) is -0.709. The third-order valence-corrected chi connectivity index (χ3v) is 3.17. The minimum atomic E-state index is -0.577. The molecule has 0 spiro atoms. The van der Waals surface area contributed by atoms with E-state index in [1.165, 1.54) is 49.6 Å². The van der Waals surface area contributed by atoms with E-state index in [-0.39, 0.29) is 23.8 Å². The van der Waals surface area contributed by atoms with Crippen molar-refractivity contribution in [1.82, 2.24) is 0 Å². The number of benzene rings is 2. The average Bonchev–Trinajstić information content (AvgIpc) is 2.60. The zero-order valence-corrected chi connectivity index (χ0v) is 13.2. The number of carbonyl (C=O) groups is 2. The van der Waals surface area contributed by atoms with Gasteiger partial charge in [-0.05, 0) is 30.3 Å². The number of anilines is 1. The summed E-state index contributed by atoms with van der Waals surface area (Å²) in [4.78, 5) is 33.1. The van der Waals surface area contributed by atoms with Crippen LogP contribution in [0.15, 0.2) is 42.5 Å². The van der Waals surface area contributed by atoms with Gasteiger partial charge in [0.25, 0.3) is 11.6 Å². The molecule has 0 aromatic heterocycles. The van der Waals surface area contributed by atoms with Gasteiger partial charge in [-0.1, -0.05) is 0 Å². The second kappa shape index (κ2) is 7.77. The molecule has 0 fully saturated rings. The number of hydrogen-bond acceptors (Lipinski definition) is 6. The van der Waals surface area contributed by atoms with Crippen LogP contribution in [-0.2, 0) is 4.79 Å². The highest BCUT2D eigenvalue weighted by Crippen LogP contribution is 2.31. The Balaban J connectivity index is 2.00. The lowest BCUT2D eigenvalue weighted by Crippen LogP contribution is -2.20. The number of nitrogens with two attached hydrogens (primary N) is 1. The Labute approximate surface area is 142 Å². The van der Waals surface area contributed by atoms with Crippen molar-refractivity contribution in [2.75, 3.05) is 19.0 Å². The Kier molecular flexibility index (Phi) is 5.51. The van der Waals surface area contributed by atoms with Crippen LogP contribution in [0.2, 0.25) is 0 Å². The number of rotatable bonds is 7. The molecule has 2 amide bonds. The van der Waals surface area contributed by atoms with E-state index < -0.39 is 16.7 Å². The molecule has 2 aromatic rings. The first-order valence-corrected chi connectivity index (χ1v) is 7.05. The number of ether oxygens (including phenoxy) is 2. The molecule has 25 heavy (non-hydrogen) atoms. The Hall–Kier alpha value is -3.62. The molecule has 0 bridgehead atoms. The molecular formula is C16H15N3O6. The predicted octanol–water partition coefficient (Wildman–Crippen LogP) is 1.72. The fourth-order valence-electron chi connectivity index (χ4n) is 1.95. The number of primary amides is 1. The van der Waals surface area contributed by atoms with Gasteiger partial charge in [0.2, 0.25) is 5.91 Å². The fraction of sp³-hybridized carbons (Fsp3) is 0.125. The quantitative estimate of drug-likeness (QED) is 0.579. The number of non-ortho nitro benzene ring substituents is 1. The highest BCUT2D eigenvalue weighted by molar-refractivity contribution is 5.95. The van der Waals surface area contributed by atoms with Crippen molar-refractivity contribution in [3.05, 3.63) is 58.1 Å². The van der Waals surface area contributed by atoms with Gasteiger partial charge in [-0.3, -0.25) is 19.7 Å². The van der Waals surface area contributed by atoms with E-state index in [0.29, 0.717) is 11.3 Å².